The molecule has 0 saturated carbocycles. The van der Waals surface area contributed by atoms with E-state index in [9.17, 15) is 4.79 Å². The molecule has 0 aromatic heterocycles. The fraction of sp³-hybridized carbons (Fsp3) is 0.200. The predicted octanol–water partition coefficient (Wildman–Crippen LogP) is 0.0761. The van der Waals surface area contributed by atoms with E-state index in [-0.39, 0.29) is 5.70 Å². The van der Waals surface area contributed by atoms with Crippen LogP contribution in [0.1, 0.15) is 6.92 Å². The van der Waals surface area contributed by atoms with E-state index in [0.29, 0.717) is 0 Å². The maximum absolute atomic E-state index is 10.1. The second kappa shape index (κ2) is 2.96. The maximum Gasteiger partial charge on any atom is 0.266 e. The van der Waals surface area contributed by atoms with Crippen molar-refractivity contribution in [2.75, 3.05) is 0 Å². The zero-order chi connectivity index (χ0) is 6.57. The number of amides is 1. The molecular formula is C5H8N2O. The quantitative estimate of drug-likeness (QED) is 0.399. The summed E-state index contributed by atoms with van der Waals surface area (Å²) < 4.78 is 0. The van der Waals surface area contributed by atoms with Crippen molar-refractivity contribution in [1.82, 2.24) is 0 Å². The first-order chi connectivity index (χ1) is 3.68. The average molecular weight is 112 g/mol. The number of nitrogens with zero attached hydrogens (tertiary/aromatic N) is 1. The van der Waals surface area contributed by atoms with Crippen molar-refractivity contribution in [1.29, 1.82) is 0 Å². The summed E-state index contributed by atoms with van der Waals surface area (Å²) in [6.07, 6.45) is 1.47. The highest BCUT2D eigenvalue weighted by atomic mass is 16.1. The number of nitrogens with two attached hydrogens (primary N) is 1. The number of hydrogen-bond acceptors (Lipinski definition) is 2. The van der Waals surface area contributed by atoms with Crippen molar-refractivity contribution in [2.45, 2.75) is 6.92 Å². The monoisotopic (exact) mass is 112 g/mol. The summed E-state index contributed by atoms with van der Waals surface area (Å²) in [4.78, 5) is 13.6. The van der Waals surface area contributed by atoms with Gasteiger partial charge in [-0.3, -0.25) is 9.79 Å². The molecule has 0 fully saturated rings. The van der Waals surface area contributed by atoms with E-state index < -0.39 is 5.91 Å². The number of carbonyl (C=O) groups excluding carboxylic acids is 1. The number of primary amides is 1. The number of carbonyl (C=O) groups is 1. The van der Waals surface area contributed by atoms with Crippen LogP contribution in [0.25, 0.3) is 0 Å². The van der Waals surface area contributed by atoms with Crippen molar-refractivity contribution in [3.05, 3.63) is 12.3 Å². The second-order valence-corrected chi connectivity index (χ2v) is 1.20. The summed E-state index contributed by atoms with van der Waals surface area (Å²) in [6.45, 7) is 4.96. The van der Waals surface area contributed by atoms with Crippen LogP contribution in [0.5, 0.6) is 0 Å². The molecule has 0 rings (SSSR count). The maximum atomic E-state index is 10.1. The standard InChI is InChI=1S/C5H8N2O/c1-3-7-4(2)5(6)8/h3H,2H2,1H3,(H2,6,8)/b7-3-. The van der Waals surface area contributed by atoms with Crippen LogP contribution in [0.15, 0.2) is 17.3 Å². The van der Waals surface area contributed by atoms with Crippen molar-refractivity contribution >= 4 is 12.1 Å². The summed E-state index contributed by atoms with van der Waals surface area (Å²) in [6, 6.07) is 0. The number of hydrogen-bond donors (Lipinski definition) is 1. The Kier molecular flexibility index (Phi) is 2.54. The Labute approximate surface area is 47.9 Å². The summed E-state index contributed by atoms with van der Waals surface area (Å²) in [5, 5.41) is 0. The minimum atomic E-state index is -0.580. The molecule has 0 aliphatic heterocycles. The molecule has 0 aliphatic carbocycles. The zero-order valence-electron chi connectivity index (χ0n) is 4.72. The van der Waals surface area contributed by atoms with Gasteiger partial charge in [0.05, 0.1) is 0 Å². The number of aliphatic imine (C=N–C) groups is 1. The van der Waals surface area contributed by atoms with E-state index in [0.717, 1.165) is 0 Å². The van der Waals surface area contributed by atoms with Gasteiger partial charge in [0, 0.05) is 6.21 Å². The summed E-state index contributed by atoms with van der Waals surface area (Å²) in [7, 11) is 0. The summed E-state index contributed by atoms with van der Waals surface area (Å²) in [5.41, 5.74) is 4.86. The molecule has 3 heteroatoms. The Morgan fingerprint density at radius 2 is 2.38 bits per heavy atom. The SMILES string of the molecule is C=C(/N=C\C)C(N)=O. The average Bonchev–Trinajstić information content (AvgIpc) is 1.67. The normalized spacial score (nSPS) is 9.62. The predicted molar refractivity (Wildman–Crippen MR) is 32.5 cm³/mol. The smallest absolute Gasteiger partial charge is 0.266 e. The fourth-order valence-corrected chi connectivity index (χ4v) is 0.219. The van der Waals surface area contributed by atoms with Crippen LogP contribution in [-0.2, 0) is 4.79 Å². The summed E-state index contributed by atoms with van der Waals surface area (Å²) in [5.74, 6) is -0.580. The highest BCUT2D eigenvalue weighted by molar-refractivity contribution is 5.92. The van der Waals surface area contributed by atoms with Crippen LogP contribution in [-0.4, -0.2) is 12.1 Å². The molecule has 0 aromatic carbocycles. The van der Waals surface area contributed by atoms with E-state index in [4.69, 9.17) is 5.73 Å². The molecule has 44 valence electrons. The lowest BCUT2D eigenvalue weighted by atomic mass is 10.5. The Balaban J connectivity index is 3.85. The van der Waals surface area contributed by atoms with E-state index in [2.05, 4.69) is 11.6 Å². The van der Waals surface area contributed by atoms with Crippen LogP contribution < -0.4 is 5.73 Å². The molecule has 0 unspecified atom stereocenters. The lowest BCUT2D eigenvalue weighted by Gasteiger charge is -1.86. The zero-order valence-corrected chi connectivity index (χ0v) is 4.72. The van der Waals surface area contributed by atoms with Crippen LogP contribution in [0.4, 0.5) is 0 Å². The third-order valence-electron chi connectivity index (χ3n) is 0.569. The van der Waals surface area contributed by atoms with Gasteiger partial charge in [-0.05, 0) is 6.92 Å². The molecular weight excluding hydrogens is 104 g/mol. The van der Waals surface area contributed by atoms with E-state index >= 15 is 0 Å². The molecule has 8 heavy (non-hydrogen) atoms. The van der Waals surface area contributed by atoms with Crippen LogP contribution in [0, 0.1) is 0 Å². The Morgan fingerprint density at radius 1 is 1.88 bits per heavy atom. The van der Waals surface area contributed by atoms with Crippen molar-refractivity contribution in [3.8, 4) is 0 Å². The molecule has 3 nitrogen and oxygen atoms in total. The van der Waals surface area contributed by atoms with E-state index in [1.807, 2.05) is 0 Å². The first-order valence-corrected chi connectivity index (χ1v) is 2.16. The van der Waals surface area contributed by atoms with Gasteiger partial charge in [0.1, 0.15) is 5.70 Å². The van der Waals surface area contributed by atoms with Crippen molar-refractivity contribution < 1.29 is 4.79 Å². The van der Waals surface area contributed by atoms with Gasteiger partial charge < -0.3 is 5.73 Å². The molecule has 0 aromatic rings. The molecule has 0 heterocycles. The van der Waals surface area contributed by atoms with Gasteiger partial charge in [0.2, 0.25) is 0 Å². The first-order valence-electron chi connectivity index (χ1n) is 2.16. The largest absolute Gasteiger partial charge is 0.364 e. The van der Waals surface area contributed by atoms with Gasteiger partial charge >= 0.3 is 0 Å². The van der Waals surface area contributed by atoms with Crippen LogP contribution >= 0.6 is 0 Å². The molecule has 0 bridgehead atoms. The second-order valence-electron chi connectivity index (χ2n) is 1.20. The van der Waals surface area contributed by atoms with Gasteiger partial charge in [0.15, 0.2) is 0 Å². The fourth-order valence-electron chi connectivity index (χ4n) is 0.219. The first kappa shape index (κ1) is 6.88. The van der Waals surface area contributed by atoms with Gasteiger partial charge in [-0.25, -0.2) is 0 Å². The van der Waals surface area contributed by atoms with Gasteiger partial charge in [-0.2, -0.15) is 0 Å². The third kappa shape index (κ3) is 2.12. The van der Waals surface area contributed by atoms with E-state index in [1.54, 1.807) is 6.92 Å². The third-order valence-corrected chi connectivity index (χ3v) is 0.569. The lowest BCUT2D eigenvalue weighted by Crippen LogP contribution is -2.11. The topological polar surface area (TPSA) is 55.4 Å². The van der Waals surface area contributed by atoms with Gasteiger partial charge in [0.25, 0.3) is 5.91 Å². The van der Waals surface area contributed by atoms with Gasteiger partial charge in [-0.1, -0.05) is 6.58 Å². The van der Waals surface area contributed by atoms with Crippen molar-refractivity contribution in [3.63, 3.8) is 0 Å². The molecule has 1 amide bonds. The van der Waals surface area contributed by atoms with Crippen molar-refractivity contribution in [2.24, 2.45) is 10.7 Å². The van der Waals surface area contributed by atoms with Crippen LogP contribution in [0.2, 0.25) is 0 Å². The summed E-state index contributed by atoms with van der Waals surface area (Å²) >= 11 is 0. The molecule has 0 atom stereocenters. The molecule has 0 spiro atoms. The molecule has 2 N–H and O–H groups in total. The lowest BCUT2D eigenvalue weighted by molar-refractivity contribution is -0.114. The molecule has 0 radical (unpaired) electrons. The van der Waals surface area contributed by atoms with E-state index in [1.165, 1.54) is 6.21 Å². The Bertz CT molecular complexity index is 137. The molecule has 0 aliphatic rings. The molecule has 0 saturated heterocycles. The van der Waals surface area contributed by atoms with Gasteiger partial charge in [-0.15, -0.1) is 0 Å². The minimum absolute atomic E-state index is 0.0903. The highest BCUT2D eigenvalue weighted by Crippen LogP contribution is 1.85. The Hall–Kier alpha value is -1.12. The Morgan fingerprint density at radius 3 is 2.50 bits per heavy atom. The number of rotatable bonds is 2. The van der Waals surface area contributed by atoms with Crippen LogP contribution in [0.3, 0.4) is 0 Å². The minimum Gasteiger partial charge on any atom is -0.364 e. The highest BCUT2D eigenvalue weighted by Gasteiger charge is 1.93.